The third-order valence-corrected chi connectivity index (χ3v) is 3.28. The number of aromatic nitrogens is 2. The summed E-state index contributed by atoms with van der Waals surface area (Å²) in [5.41, 5.74) is 2.32. The summed E-state index contributed by atoms with van der Waals surface area (Å²) in [7, 11) is 3.99. The molecule has 90 valence electrons. The molecule has 0 aliphatic rings. The smallest absolute Gasteiger partial charge is 0.134 e. The van der Waals surface area contributed by atoms with Crippen molar-refractivity contribution in [1.82, 2.24) is 14.5 Å². The van der Waals surface area contributed by atoms with Crippen molar-refractivity contribution in [2.75, 3.05) is 19.4 Å². The molecule has 0 aliphatic heterocycles. The van der Waals surface area contributed by atoms with Crippen LogP contribution < -0.4 is 5.32 Å². The Bertz CT molecular complexity index is 455. The molecule has 0 amide bonds. The molecule has 1 aromatic carbocycles. The average molecular weight is 248 g/mol. The fourth-order valence-corrected chi connectivity index (χ4v) is 2.23. The minimum absolute atomic E-state index is 0.807. The maximum Gasteiger partial charge on any atom is 0.134 e. The highest BCUT2D eigenvalue weighted by Crippen LogP contribution is 2.18. The molecule has 0 saturated heterocycles. The Labute approximate surface area is 105 Å². The van der Waals surface area contributed by atoms with Gasteiger partial charge in [-0.15, -0.1) is 5.10 Å². The number of rotatable bonds is 5. The van der Waals surface area contributed by atoms with Crippen LogP contribution in [0.5, 0.6) is 0 Å². The minimum atomic E-state index is 0.807. The monoisotopic (exact) mass is 248 g/mol. The van der Waals surface area contributed by atoms with Gasteiger partial charge in [0.25, 0.3) is 0 Å². The molecule has 1 N–H and O–H groups in total. The SMILES string of the molecule is CNc1snnc1CN(C)Cc1ccccc1. The van der Waals surface area contributed by atoms with Crippen LogP contribution in [0.15, 0.2) is 30.3 Å². The van der Waals surface area contributed by atoms with Gasteiger partial charge in [0.2, 0.25) is 0 Å². The summed E-state index contributed by atoms with van der Waals surface area (Å²) in [6.07, 6.45) is 0. The lowest BCUT2D eigenvalue weighted by Gasteiger charge is -2.15. The summed E-state index contributed by atoms with van der Waals surface area (Å²) in [6.45, 7) is 1.73. The first-order valence-electron chi connectivity index (χ1n) is 5.51. The van der Waals surface area contributed by atoms with Gasteiger partial charge in [0.15, 0.2) is 0 Å². The van der Waals surface area contributed by atoms with Gasteiger partial charge in [-0.05, 0) is 12.6 Å². The average Bonchev–Trinajstić information content (AvgIpc) is 2.77. The van der Waals surface area contributed by atoms with Gasteiger partial charge in [-0.1, -0.05) is 34.8 Å². The molecular formula is C12H16N4S. The molecule has 0 spiro atoms. The number of benzene rings is 1. The zero-order valence-corrected chi connectivity index (χ0v) is 10.9. The van der Waals surface area contributed by atoms with E-state index >= 15 is 0 Å². The molecule has 0 atom stereocenters. The summed E-state index contributed by atoms with van der Waals surface area (Å²) >= 11 is 1.40. The van der Waals surface area contributed by atoms with Crippen LogP contribution in [0.4, 0.5) is 5.00 Å². The fourth-order valence-electron chi connectivity index (χ4n) is 1.71. The van der Waals surface area contributed by atoms with E-state index in [0.29, 0.717) is 0 Å². The second-order valence-corrected chi connectivity index (χ2v) is 4.71. The predicted octanol–water partition coefficient (Wildman–Crippen LogP) is 2.21. The zero-order valence-electron chi connectivity index (χ0n) is 10.1. The van der Waals surface area contributed by atoms with Crippen molar-refractivity contribution >= 4 is 16.5 Å². The molecule has 5 heteroatoms. The number of anilines is 1. The Kier molecular flexibility index (Phi) is 4.06. The van der Waals surface area contributed by atoms with Crippen LogP contribution in [0.25, 0.3) is 0 Å². The van der Waals surface area contributed by atoms with Crippen molar-refractivity contribution in [2.24, 2.45) is 0 Å². The largest absolute Gasteiger partial charge is 0.377 e. The summed E-state index contributed by atoms with van der Waals surface area (Å²) in [4.78, 5) is 2.23. The highest BCUT2D eigenvalue weighted by molar-refractivity contribution is 7.10. The molecule has 0 saturated carbocycles. The van der Waals surface area contributed by atoms with Crippen LogP contribution in [-0.4, -0.2) is 28.6 Å². The highest BCUT2D eigenvalue weighted by Gasteiger charge is 2.09. The van der Waals surface area contributed by atoms with Crippen molar-refractivity contribution in [2.45, 2.75) is 13.1 Å². The summed E-state index contributed by atoms with van der Waals surface area (Å²) in [6, 6.07) is 10.4. The number of hydrogen-bond acceptors (Lipinski definition) is 5. The maximum atomic E-state index is 4.13. The quantitative estimate of drug-likeness (QED) is 0.881. The van der Waals surface area contributed by atoms with Gasteiger partial charge in [-0.3, -0.25) is 4.90 Å². The zero-order chi connectivity index (χ0) is 12.1. The second kappa shape index (κ2) is 5.75. The molecular weight excluding hydrogens is 232 g/mol. The lowest BCUT2D eigenvalue weighted by Crippen LogP contribution is -2.18. The first kappa shape index (κ1) is 12.0. The van der Waals surface area contributed by atoms with Crippen molar-refractivity contribution in [3.05, 3.63) is 41.6 Å². The molecule has 0 radical (unpaired) electrons. The molecule has 4 nitrogen and oxygen atoms in total. The minimum Gasteiger partial charge on any atom is -0.377 e. The lowest BCUT2D eigenvalue weighted by atomic mass is 10.2. The van der Waals surface area contributed by atoms with Crippen LogP contribution in [0.3, 0.4) is 0 Å². The Morgan fingerprint density at radius 3 is 2.71 bits per heavy atom. The highest BCUT2D eigenvalue weighted by atomic mass is 32.1. The topological polar surface area (TPSA) is 41.1 Å². The van der Waals surface area contributed by atoms with Gasteiger partial charge in [-0.2, -0.15) is 0 Å². The molecule has 2 aromatic rings. The van der Waals surface area contributed by atoms with Gasteiger partial charge in [-0.25, -0.2) is 0 Å². The van der Waals surface area contributed by atoms with Gasteiger partial charge in [0, 0.05) is 31.7 Å². The third kappa shape index (κ3) is 3.25. The molecule has 1 heterocycles. The number of hydrogen-bond donors (Lipinski definition) is 1. The van der Waals surface area contributed by atoms with Gasteiger partial charge in [0.05, 0.1) is 0 Å². The predicted molar refractivity (Wildman–Crippen MR) is 71.1 cm³/mol. The van der Waals surface area contributed by atoms with Crippen molar-refractivity contribution in [1.29, 1.82) is 0 Å². The van der Waals surface area contributed by atoms with E-state index in [1.165, 1.54) is 17.1 Å². The van der Waals surface area contributed by atoms with Crippen molar-refractivity contribution < 1.29 is 0 Å². The van der Waals surface area contributed by atoms with Crippen LogP contribution in [0.1, 0.15) is 11.3 Å². The van der Waals surface area contributed by atoms with E-state index in [2.05, 4.69) is 51.1 Å². The molecule has 0 unspecified atom stereocenters. The lowest BCUT2D eigenvalue weighted by molar-refractivity contribution is 0.315. The Hall–Kier alpha value is -1.46. The Morgan fingerprint density at radius 2 is 2.00 bits per heavy atom. The Morgan fingerprint density at radius 1 is 1.24 bits per heavy atom. The molecule has 1 aromatic heterocycles. The van der Waals surface area contributed by atoms with E-state index in [1.807, 2.05) is 13.1 Å². The molecule has 0 bridgehead atoms. The van der Waals surface area contributed by atoms with Crippen molar-refractivity contribution in [3.63, 3.8) is 0 Å². The number of nitrogens with zero attached hydrogens (tertiary/aromatic N) is 3. The van der Waals surface area contributed by atoms with Gasteiger partial charge < -0.3 is 5.32 Å². The molecule has 17 heavy (non-hydrogen) atoms. The second-order valence-electron chi connectivity index (χ2n) is 3.96. The summed E-state index contributed by atoms with van der Waals surface area (Å²) in [5.74, 6) is 0. The van der Waals surface area contributed by atoms with Crippen LogP contribution in [-0.2, 0) is 13.1 Å². The van der Waals surface area contributed by atoms with E-state index in [4.69, 9.17) is 0 Å². The van der Waals surface area contributed by atoms with Crippen LogP contribution >= 0.6 is 11.5 Å². The fraction of sp³-hybridized carbons (Fsp3) is 0.333. The summed E-state index contributed by atoms with van der Waals surface area (Å²) in [5, 5.41) is 8.29. The van der Waals surface area contributed by atoms with E-state index in [-0.39, 0.29) is 0 Å². The van der Waals surface area contributed by atoms with E-state index in [9.17, 15) is 0 Å². The van der Waals surface area contributed by atoms with Crippen LogP contribution in [0, 0.1) is 0 Å². The molecule has 2 rings (SSSR count). The Balaban J connectivity index is 1.96. The third-order valence-electron chi connectivity index (χ3n) is 2.50. The molecule has 0 fully saturated rings. The number of nitrogens with one attached hydrogen (secondary N) is 1. The maximum absolute atomic E-state index is 4.13. The van der Waals surface area contributed by atoms with Crippen molar-refractivity contribution in [3.8, 4) is 0 Å². The standard InChI is InChI=1S/C12H16N4S/c1-13-12-11(14-15-17-12)9-16(2)8-10-6-4-3-5-7-10/h3-7,13H,8-9H2,1-2H3. The van der Waals surface area contributed by atoms with Crippen LogP contribution in [0.2, 0.25) is 0 Å². The van der Waals surface area contributed by atoms with E-state index in [1.54, 1.807) is 0 Å². The normalized spacial score (nSPS) is 10.8. The van der Waals surface area contributed by atoms with Gasteiger partial charge in [0.1, 0.15) is 10.7 Å². The first-order chi connectivity index (χ1) is 8.29. The first-order valence-corrected chi connectivity index (χ1v) is 6.28. The van der Waals surface area contributed by atoms with Gasteiger partial charge >= 0.3 is 0 Å². The van der Waals surface area contributed by atoms with E-state index < -0.39 is 0 Å². The van der Waals surface area contributed by atoms with E-state index in [0.717, 1.165) is 23.8 Å². The summed E-state index contributed by atoms with van der Waals surface area (Å²) < 4.78 is 3.96. The molecule has 0 aliphatic carbocycles.